The van der Waals surface area contributed by atoms with Crippen LogP contribution in [0, 0.1) is 11.7 Å². The lowest BCUT2D eigenvalue weighted by molar-refractivity contribution is -0.121. The first-order valence-corrected chi connectivity index (χ1v) is 7.49. The zero-order valence-corrected chi connectivity index (χ0v) is 12.5. The molecule has 1 aliphatic heterocycles. The van der Waals surface area contributed by atoms with Gasteiger partial charge in [-0.25, -0.2) is 4.39 Å². The summed E-state index contributed by atoms with van der Waals surface area (Å²) in [6.07, 6.45) is 3.71. The van der Waals surface area contributed by atoms with E-state index in [4.69, 9.17) is 4.74 Å². The highest BCUT2D eigenvalue weighted by atomic mass is 19.1. The zero-order valence-electron chi connectivity index (χ0n) is 12.5. The Morgan fingerprint density at radius 1 is 1.43 bits per heavy atom. The number of halogens is 1. The van der Waals surface area contributed by atoms with Gasteiger partial charge in [0.05, 0.1) is 7.11 Å². The Morgan fingerprint density at radius 3 is 2.86 bits per heavy atom. The van der Waals surface area contributed by atoms with Gasteiger partial charge in [0.15, 0.2) is 0 Å². The van der Waals surface area contributed by atoms with Crippen molar-refractivity contribution in [3.8, 4) is 5.75 Å². The number of amides is 1. The number of hydrogen-bond acceptors (Lipinski definition) is 3. The van der Waals surface area contributed by atoms with Crippen molar-refractivity contribution in [3.05, 3.63) is 29.6 Å². The van der Waals surface area contributed by atoms with Crippen LogP contribution < -0.4 is 15.4 Å². The Kier molecular flexibility index (Phi) is 5.99. The van der Waals surface area contributed by atoms with Crippen LogP contribution in [0.5, 0.6) is 5.75 Å². The molecule has 1 aliphatic rings. The summed E-state index contributed by atoms with van der Waals surface area (Å²) in [6, 6.07) is 4.66. The second-order valence-electron chi connectivity index (χ2n) is 5.47. The van der Waals surface area contributed by atoms with Gasteiger partial charge in [-0.3, -0.25) is 4.79 Å². The molecule has 1 saturated heterocycles. The molecular weight excluding hydrogens is 271 g/mol. The number of carbonyl (C=O) groups is 1. The lowest BCUT2D eigenvalue weighted by Gasteiger charge is -2.22. The molecule has 2 rings (SSSR count). The molecule has 0 saturated carbocycles. The van der Waals surface area contributed by atoms with Crippen LogP contribution in [0.25, 0.3) is 0 Å². The number of piperidine rings is 1. The number of benzene rings is 1. The summed E-state index contributed by atoms with van der Waals surface area (Å²) in [6.45, 7) is 2.31. The predicted octanol–water partition coefficient (Wildman–Crippen LogP) is 2.23. The number of rotatable bonds is 6. The van der Waals surface area contributed by atoms with Crippen LogP contribution in [-0.4, -0.2) is 26.1 Å². The second kappa shape index (κ2) is 7.98. The fourth-order valence-corrected chi connectivity index (χ4v) is 2.59. The summed E-state index contributed by atoms with van der Waals surface area (Å²) in [7, 11) is 1.50. The van der Waals surface area contributed by atoms with Crippen molar-refractivity contribution in [2.75, 3.05) is 20.2 Å². The molecule has 0 unspecified atom stereocenters. The smallest absolute Gasteiger partial charge is 0.220 e. The highest BCUT2D eigenvalue weighted by Crippen LogP contribution is 2.18. The Bertz CT molecular complexity index is 473. The van der Waals surface area contributed by atoms with Crippen LogP contribution >= 0.6 is 0 Å². The third-order valence-electron chi connectivity index (χ3n) is 3.97. The molecule has 0 radical (unpaired) electrons. The molecule has 1 amide bonds. The monoisotopic (exact) mass is 294 g/mol. The number of methoxy groups -OCH3 is 1. The molecule has 1 fully saturated rings. The van der Waals surface area contributed by atoms with E-state index in [0.717, 1.165) is 32.4 Å². The van der Waals surface area contributed by atoms with Crippen LogP contribution in [0.4, 0.5) is 4.39 Å². The Balaban J connectivity index is 1.73. The van der Waals surface area contributed by atoms with E-state index in [2.05, 4.69) is 10.6 Å². The van der Waals surface area contributed by atoms with E-state index < -0.39 is 0 Å². The van der Waals surface area contributed by atoms with Gasteiger partial charge in [-0.15, -0.1) is 0 Å². The summed E-state index contributed by atoms with van der Waals surface area (Å²) in [5.41, 5.74) is 0.478. The van der Waals surface area contributed by atoms with Gasteiger partial charge in [0.25, 0.3) is 0 Å². The van der Waals surface area contributed by atoms with Crippen LogP contribution in [-0.2, 0) is 11.3 Å². The average molecular weight is 294 g/mol. The second-order valence-corrected chi connectivity index (χ2v) is 5.47. The molecule has 1 aromatic carbocycles. The number of nitrogens with one attached hydrogen (secondary N) is 2. The molecule has 4 nitrogen and oxygen atoms in total. The van der Waals surface area contributed by atoms with Crippen molar-refractivity contribution >= 4 is 5.91 Å². The van der Waals surface area contributed by atoms with Crippen molar-refractivity contribution < 1.29 is 13.9 Å². The first-order chi connectivity index (χ1) is 10.2. The molecule has 0 atom stereocenters. The lowest BCUT2D eigenvalue weighted by atomic mass is 9.93. The maximum atomic E-state index is 13.7. The van der Waals surface area contributed by atoms with Gasteiger partial charge in [-0.2, -0.15) is 0 Å². The molecule has 0 bridgehead atoms. The first kappa shape index (κ1) is 15.8. The normalized spacial score (nSPS) is 15.7. The number of ether oxygens (including phenoxy) is 1. The van der Waals surface area contributed by atoms with Gasteiger partial charge in [0.2, 0.25) is 5.91 Å². The van der Waals surface area contributed by atoms with Crippen molar-refractivity contribution in [2.24, 2.45) is 5.92 Å². The van der Waals surface area contributed by atoms with Gasteiger partial charge < -0.3 is 15.4 Å². The molecule has 0 aromatic heterocycles. The van der Waals surface area contributed by atoms with E-state index in [9.17, 15) is 9.18 Å². The molecule has 1 heterocycles. The van der Waals surface area contributed by atoms with Crippen LogP contribution in [0.1, 0.15) is 31.2 Å². The number of carbonyl (C=O) groups excluding carboxylic acids is 1. The number of hydrogen-bond donors (Lipinski definition) is 2. The van der Waals surface area contributed by atoms with Crippen LogP contribution in [0.15, 0.2) is 18.2 Å². The van der Waals surface area contributed by atoms with Gasteiger partial charge in [-0.05, 0) is 44.3 Å². The van der Waals surface area contributed by atoms with Gasteiger partial charge in [0, 0.05) is 24.6 Å². The fraction of sp³-hybridized carbons (Fsp3) is 0.562. The Morgan fingerprint density at radius 2 is 2.19 bits per heavy atom. The third-order valence-corrected chi connectivity index (χ3v) is 3.97. The average Bonchev–Trinajstić information content (AvgIpc) is 2.52. The van der Waals surface area contributed by atoms with E-state index in [0.29, 0.717) is 23.7 Å². The molecule has 21 heavy (non-hydrogen) atoms. The maximum Gasteiger partial charge on any atom is 0.220 e. The van der Waals surface area contributed by atoms with Crippen molar-refractivity contribution in [3.63, 3.8) is 0 Å². The van der Waals surface area contributed by atoms with E-state index in [1.54, 1.807) is 12.1 Å². The third kappa shape index (κ3) is 5.01. The largest absolute Gasteiger partial charge is 0.497 e. The van der Waals surface area contributed by atoms with E-state index >= 15 is 0 Å². The molecule has 116 valence electrons. The summed E-state index contributed by atoms with van der Waals surface area (Å²) in [5.74, 6) is 0.750. The summed E-state index contributed by atoms with van der Waals surface area (Å²) in [4.78, 5) is 11.8. The lowest BCUT2D eigenvalue weighted by Crippen LogP contribution is -2.29. The topological polar surface area (TPSA) is 50.4 Å². The highest BCUT2D eigenvalue weighted by Gasteiger charge is 2.14. The molecular formula is C16H23FN2O2. The molecule has 0 spiro atoms. The summed E-state index contributed by atoms with van der Waals surface area (Å²) in [5, 5.41) is 6.09. The molecule has 2 N–H and O–H groups in total. The van der Waals surface area contributed by atoms with Gasteiger partial charge in [0.1, 0.15) is 11.6 Å². The first-order valence-electron chi connectivity index (χ1n) is 7.49. The minimum Gasteiger partial charge on any atom is -0.497 e. The van der Waals surface area contributed by atoms with Crippen LogP contribution in [0.3, 0.4) is 0 Å². The molecule has 5 heteroatoms. The Hall–Kier alpha value is -1.62. The fourth-order valence-electron chi connectivity index (χ4n) is 2.59. The minimum absolute atomic E-state index is 0.0104. The molecule has 0 aliphatic carbocycles. The Labute approximate surface area is 125 Å². The van der Waals surface area contributed by atoms with Crippen molar-refractivity contribution in [2.45, 2.75) is 32.2 Å². The maximum absolute atomic E-state index is 13.7. The molecule has 1 aromatic rings. The zero-order chi connectivity index (χ0) is 15.1. The van der Waals surface area contributed by atoms with Crippen molar-refractivity contribution in [1.29, 1.82) is 0 Å². The summed E-state index contributed by atoms with van der Waals surface area (Å²) < 4.78 is 18.7. The SMILES string of the molecule is COc1ccc(CNC(=O)CCC2CCNCC2)c(F)c1. The van der Waals surface area contributed by atoms with Crippen LogP contribution in [0.2, 0.25) is 0 Å². The van der Waals surface area contributed by atoms with E-state index in [-0.39, 0.29) is 18.3 Å². The minimum atomic E-state index is -0.354. The summed E-state index contributed by atoms with van der Waals surface area (Å²) >= 11 is 0. The predicted molar refractivity (Wildman–Crippen MR) is 79.6 cm³/mol. The highest BCUT2D eigenvalue weighted by molar-refractivity contribution is 5.75. The van der Waals surface area contributed by atoms with Gasteiger partial charge >= 0.3 is 0 Å². The van der Waals surface area contributed by atoms with E-state index in [1.807, 2.05) is 0 Å². The van der Waals surface area contributed by atoms with Gasteiger partial charge in [-0.1, -0.05) is 6.07 Å². The van der Waals surface area contributed by atoms with E-state index in [1.165, 1.54) is 13.2 Å². The standard InChI is InChI=1S/C16H23FN2O2/c1-21-14-4-3-13(15(17)10-14)11-19-16(20)5-2-12-6-8-18-9-7-12/h3-4,10,12,18H,2,5-9,11H2,1H3,(H,19,20). The van der Waals surface area contributed by atoms with Crippen molar-refractivity contribution in [1.82, 2.24) is 10.6 Å². The quantitative estimate of drug-likeness (QED) is 0.846.